The van der Waals surface area contributed by atoms with Crippen LogP contribution in [-0.4, -0.2) is 23.6 Å². The van der Waals surface area contributed by atoms with Gasteiger partial charge in [0.1, 0.15) is 0 Å². The second kappa shape index (κ2) is 7.53. The largest absolute Gasteiger partial charge is 0.450 e. The van der Waals surface area contributed by atoms with Gasteiger partial charge in [0.2, 0.25) is 0 Å². The van der Waals surface area contributed by atoms with E-state index in [1.165, 1.54) is 0 Å². The van der Waals surface area contributed by atoms with Crippen LogP contribution in [0.3, 0.4) is 0 Å². The first-order valence-electron chi connectivity index (χ1n) is 6.75. The Morgan fingerprint density at radius 2 is 1.75 bits per heavy atom. The second-order valence-corrected chi connectivity index (χ2v) is 4.91. The summed E-state index contributed by atoms with van der Waals surface area (Å²) in [7, 11) is 0. The van der Waals surface area contributed by atoms with E-state index in [4.69, 9.17) is 4.74 Å². The first-order chi connectivity index (χ1) is 9.47. The predicted molar refractivity (Wildman–Crippen MR) is 82.4 cm³/mol. The molecule has 0 saturated carbocycles. The van der Waals surface area contributed by atoms with Gasteiger partial charge in [0.15, 0.2) is 0 Å². The van der Waals surface area contributed by atoms with Crippen molar-refractivity contribution in [1.82, 2.24) is 4.90 Å². The topological polar surface area (TPSA) is 29.5 Å². The van der Waals surface area contributed by atoms with Crippen LogP contribution in [-0.2, 0) is 11.3 Å². The number of hydrogen-bond acceptors (Lipinski definition) is 2. The molecule has 3 nitrogen and oxygen atoms in total. The van der Waals surface area contributed by atoms with Crippen molar-refractivity contribution >= 4 is 6.09 Å². The van der Waals surface area contributed by atoms with E-state index in [0.717, 1.165) is 16.7 Å². The zero-order valence-electron chi connectivity index (χ0n) is 12.6. The van der Waals surface area contributed by atoms with Gasteiger partial charge in [-0.2, -0.15) is 0 Å². The van der Waals surface area contributed by atoms with E-state index in [9.17, 15) is 4.79 Å². The molecule has 0 aliphatic heterocycles. The Labute approximate surface area is 121 Å². The molecule has 0 bridgehead atoms. The molecule has 0 spiro atoms. The summed E-state index contributed by atoms with van der Waals surface area (Å²) in [6.07, 6.45) is -0.340. The third kappa shape index (κ3) is 4.26. The number of carbonyl (C=O) groups excluding carboxylic acids is 1. The standard InChI is InChI=1S/C17H23NO2/c1-6-20-17(19)18(16(13(2)3)14(4)5)12-15-10-8-7-9-11-15/h7-11,16H,2,4,6,12H2,1,3,5H3. The minimum absolute atomic E-state index is 0.214. The van der Waals surface area contributed by atoms with Gasteiger partial charge in [0, 0.05) is 6.54 Å². The third-order valence-electron chi connectivity index (χ3n) is 2.94. The van der Waals surface area contributed by atoms with Crippen molar-refractivity contribution in [3.63, 3.8) is 0 Å². The van der Waals surface area contributed by atoms with Crippen LogP contribution in [0.25, 0.3) is 0 Å². The van der Waals surface area contributed by atoms with Gasteiger partial charge in [-0.3, -0.25) is 4.90 Å². The highest BCUT2D eigenvalue weighted by Gasteiger charge is 2.26. The lowest BCUT2D eigenvalue weighted by Gasteiger charge is -2.32. The molecule has 0 aromatic heterocycles. The summed E-state index contributed by atoms with van der Waals surface area (Å²) < 4.78 is 5.16. The van der Waals surface area contributed by atoms with Crippen LogP contribution in [0.2, 0.25) is 0 Å². The van der Waals surface area contributed by atoms with E-state index in [0.29, 0.717) is 13.2 Å². The van der Waals surface area contributed by atoms with Gasteiger partial charge >= 0.3 is 6.09 Å². The van der Waals surface area contributed by atoms with Crippen LogP contribution in [0, 0.1) is 0 Å². The van der Waals surface area contributed by atoms with Gasteiger partial charge in [-0.1, -0.05) is 54.6 Å². The Balaban J connectivity index is 3.04. The Morgan fingerprint density at radius 3 is 2.20 bits per heavy atom. The summed E-state index contributed by atoms with van der Waals surface area (Å²) in [6, 6.07) is 9.62. The second-order valence-electron chi connectivity index (χ2n) is 4.91. The highest BCUT2D eigenvalue weighted by Crippen LogP contribution is 2.20. The SMILES string of the molecule is C=C(C)C(C(=C)C)N(Cc1ccccc1)C(=O)OCC. The first-order valence-corrected chi connectivity index (χ1v) is 6.75. The highest BCUT2D eigenvalue weighted by atomic mass is 16.6. The van der Waals surface area contributed by atoms with Gasteiger partial charge in [-0.05, 0) is 26.3 Å². The quantitative estimate of drug-likeness (QED) is 0.728. The molecule has 1 rings (SSSR count). The van der Waals surface area contributed by atoms with E-state index >= 15 is 0 Å². The molecular weight excluding hydrogens is 250 g/mol. The average Bonchev–Trinajstić information content (AvgIpc) is 2.38. The fourth-order valence-electron chi connectivity index (χ4n) is 2.20. The lowest BCUT2D eigenvalue weighted by molar-refractivity contribution is 0.0978. The number of ether oxygens (including phenoxy) is 1. The smallest absolute Gasteiger partial charge is 0.410 e. The molecule has 108 valence electrons. The zero-order chi connectivity index (χ0) is 15.1. The molecule has 20 heavy (non-hydrogen) atoms. The lowest BCUT2D eigenvalue weighted by Crippen LogP contribution is -2.41. The van der Waals surface area contributed by atoms with Crippen molar-refractivity contribution in [3.8, 4) is 0 Å². The van der Waals surface area contributed by atoms with E-state index < -0.39 is 0 Å². The summed E-state index contributed by atoms with van der Waals surface area (Å²) in [5, 5.41) is 0. The normalized spacial score (nSPS) is 10.2. The van der Waals surface area contributed by atoms with Gasteiger partial charge in [-0.15, -0.1) is 0 Å². The summed E-state index contributed by atoms with van der Waals surface area (Å²) in [6.45, 7) is 14.4. The van der Waals surface area contributed by atoms with E-state index in [1.807, 2.05) is 44.2 Å². The Bertz CT molecular complexity index is 465. The fourth-order valence-corrected chi connectivity index (χ4v) is 2.20. The van der Waals surface area contributed by atoms with Crippen molar-refractivity contribution in [1.29, 1.82) is 0 Å². The molecule has 0 saturated heterocycles. The summed E-state index contributed by atoms with van der Waals surface area (Å²) in [5.74, 6) is 0. The zero-order valence-corrected chi connectivity index (χ0v) is 12.6. The van der Waals surface area contributed by atoms with Crippen LogP contribution >= 0.6 is 0 Å². The van der Waals surface area contributed by atoms with E-state index in [2.05, 4.69) is 13.2 Å². The Morgan fingerprint density at radius 1 is 1.20 bits per heavy atom. The number of amides is 1. The maximum absolute atomic E-state index is 12.2. The number of nitrogens with zero attached hydrogens (tertiary/aromatic N) is 1. The Kier molecular flexibility index (Phi) is 6.04. The predicted octanol–water partition coefficient (Wildman–Crippen LogP) is 4.17. The molecular formula is C17H23NO2. The highest BCUT2D eigenvalue weighted by molar-refractivity contribution is 5.69. The molecule has 0 fully saturated rings. The monoisotopic (exact) mass is 273 g/mol. The number of carbonyl (C=O) groups is 1. The maximum atomic E-state index is 12.2. The van der Waals surface area contributed by atoms with Gasteiger partial charge in [-0.25, -0.2) is 4.79 Å². The molecule has 1 aromatic rings. The minimum atomic E-state index is -0.340. The summed E-state index contributed by atoms with van der Waals surface area (Å²) >= 11 is 0. The molecule has 0 radical (unpaired) electrons. The van der Waals surface area contributed by atoms with E-state index in [-0.39, 0.29) is 12.1 Å². The van der Waals surface area contributed by atoms with Gasteiger partial charge in [0.25, 0.3) is 0 Å². The van der Waals surface area contributed by atoms with Crippen LogP contribution in [0.15, 0.2) is 54.6 Å². The van der Waals surface area contributed by atoms with Crippen molar-refractivity contribution < 1.29 is 9.53 Å². The molecule has 0 heterocycles. The summed E-state index contributed by atoms with van der Waals surface area (Å²) in [5.41, 5.74) is 2.80. The van der Waals surface area contributed by atoms with Gasteiger partial charge < -0.3 is 4.74 Å². The molecule has 3 heteroatoms. The van der Waals surface area contributed by atoms with Gasteiger partial charge in [0.05, 0.1) is 12.6 Å². The Hall–Kier alpha value is -2.03. The van der Waals surface area contributed by atoms with Crippen molar-refractivity contribution in [2.24, 2.45) is 0 Å². The first kappa shape index (κ1) is 16.0. The van der Waals surface area contributed by atoms with Crippen molar-refractivity contribution in [3.05, 3.63) is 60.2 Å². The lowest BCUT2D eigenvalue weighted by atomic mass is 10.0. The van der Waals surface area contributed by atoms with Crippen LogP contribution < -0.4 is 0 Å². The van der Waals surface area contributed by atoms with Crippen molar-refractivity contribution in [2.75, 3.05) is 6.61 Å². The van der Waals surface area contributed by atoms with Crippen molar-refractivity contribution in [2.45, 2.75) is 33.4 Å². The number of rotatable bonds is 6. The molecule has 0 aliphatic carbocycles. The minimum Gasteiger partial charge on any atom is -0.450 e. The molecule has 1 aromatic carbocycles. The van der Waals surface area contributed by atoms with Crippen LogP contribution in [0.1, 0.15) is 26.3 Å². The fraction of sp³-hybridized carbons (Fsp3) is 0.353. The van der Waals surface area contributed by atoms with Crippen LogP contribution in [0.5, 0.6) is 0 Å². The summed E-state index contributed by atoms with van der Waals surface area (Å²) in [4.78, 5) is 13.9. The maximum Gasteiger partial charge on any atom is 0.410 e. The molecule has 0 N–H and O–H groups in total. The van der Waals surface area contributed by atoms with Crippen LogP contribution in [0.4, 0.5) is 4.79 Å². The third-order valence-corrected chi connectivity index (χ3v) is 2.94. The molecule has 0 aliphatic rings. The number of benzene rings is 1. The average molecular weight is 273 g/mol. The molecule has 0 unspecified atom stereocenters. The van der Waals surface area contributed by atoms with E-state index in [1.54, 1.807) is 11.8 Å². The number of hydrogen-bond donors (Lipinski definition) is 0. The molecule has 1 amide bonds. The molecule has 0 atom stereocenters.